The Morgan fingerprint density at radius 3 is 2.72 bits per heavy atom. The maximum absolute atomic E-state index is 12.5. The third kappa shape index (κ3) is 4.72. The van der Waals surface area contributed by atoms with Crippen molar-refractivity contribution >= 4 is 39.3 Å². The summed E-state index contributed by atoms with van der Waals surface area (Å²) in [5.41, 5.74) is 2.93. The van der Waals surface area contributed by atoms with Gasteiger partial charge in [0.1, 0.15) is 5.39 Å². The van der Waals surface area contributed by atoms with Crippen LogP contribution < -0.4 is 16.2 Å². The molecule has 32 heavy (non-hydrogen) atoms. The van der Waals surface area contributed by atoms with Crippen LogP contribution in [0.15, 0.2) is 47.0 Å². The van der Waals surface area contributed by atoms with Gasteiger partial charge in [0.25, 0.3) is 5.56 Å². The topological polar surface area (TPSA) is 124 Å². The van der Waals surface area contributed by atoms with Gasteiger partial charge < -0.3 is 10.6 Å². The fourth-order valence-corrected chi connectivity index (χ4v) is 3.85. The van der Waals surface area contributed by atoms with Crippen LogP contribution in [0.5, 0.6) is 0 Å². The van der Waals surface area contributed by atoms with E-state index in [1.54, 1.807) is 7.05 Å². The summed E-state index contributed by atoms with van der Waals surface area (Å²) in [5, 5.41) is 12.3. The molecule has 0 saturated carbocycles. The molecule has 0 aliphatic carbocycles. The van der Waals surface area contributed by atoms with Gasteiger partial charge >= 0.3 is 0 Å². The van der Waals surface area contributed by atoms with Gasteiger partial charge in [-0.1, -0.05) is 24.3 Å². The fraction of sp³-hybridized carbons (Fsp3) is 0.238. The number of anilines is 1. The van der Waals surface area contributed by atoms with E-state index in [9.17, 15) is 14.4 Å². The maximum atomic E-state index is 12.5. The average Bonchev–Trinajstić information content (AvgIpc) is 3.39. The lowest BCUT2D eigenvalue weighted by Crippen LogP contribution is -2.23. The van der Waals surface area contributed by atoms with E-state index in [4.69, 9.17) is 0 Å². The third-order valence-corrected chi connectivity index (χ3v) is 5.60. The largest absolute Gasteiger partial charge is 0.352 e. The Labute approximate surface area is 186 Å². The van der Waals surface area contributed by atoms with Crippen LogP contribution in [-0.4, -0.2) is 36.1 Å². The van der Waals surface area contributed by atoms with Crippen molar-refractivity contribution in [2.45, 2.75) is 26.4 Å². The second kappa shape index (κ2) is 9.10. The molecule has 0 atom stereocenters. The number of nitrogens with zero attached hydrogens (tertiary/aromatic N) is 5. The zero-order valence-corrected chi connectivity index (χ0v) is 18.3. The van der Waals surface area contributed by atoms with Gasteiger partial charge in [-0.2, -0.15) is 5.10 Å². The summed E-state index contributed by atoms with van der Waals surface area (Å²) in [4.78, 5) is 44.5. The summed E-state index contributed by atoms with van der Waals surface area (Å²) in [6.07, 6.45) is 3.02. The van der Waals surface area contributed by atoms with E-state index in [0.29, 0.717) is 22.7 Å². The van der Waals surface area contributed by atoms with Crippen LogP contribution in [0.2, 0.25) is 0 Å². The molecule has 2 N–H and O–H groups in total. The van der Waals surface area contributed by atoms with Crippen molar-refractivity contribution in [1.29, 1.82) is 0 Å². The lowest BCUT2D eigenvalue weighted by Gasteiger charge is -2.05. The van der Waals surface area contributed by atoms with E-state index >= 15 is 0 Å². The first-order chi connectivity index (χ1) is 15.4. The van der Waals surface area contributed by atoms with Gasteiger partial charge in [0.15, 0.2) is 10.8 Å². The Kier molecular flexibility index (Phi) is 6.08. The number of aromatic nitrogens is 5. The molecule has 2 amide bonds. The van der Waals surface area contributed by atoms with Crippen LogP contribution in [-0.2, 0) is 29.7 Å². The van der Waals surface area contributed by atoms with Gasteiger partial charge in [-0.15, -0.1) is 11.3 Å². The lowest BCUT2D eigenvalue weighted by atomic mass is 10.1. The number of hydrogen-bond acceptors (Lipinski definition) is 7. The van der Waals surface area contributed by atoms with E-state index in [1.165, 1.54) is 40.0 Å². The molecule has 164 valence electrons. The highest BCUT2D eigenvalue weighted by atomic mass is 32.1. The number of carbonyl (C=O) groups is 2. The van der Waals surface area contributed by atoms with Gasteiger partial charge in [-0.3, -0.25) is 23.6 Å². The minimum atomic E-state index is -0.241. The van der Waals surface area contributed by atoms with Gasteiger partial charge in [-0.25, -0.2) is 9.97 Å². The number of benzene rings is 1. The number of rotatable bonds is 7. The zero-order chi connectivity index (χ0) is 22.7. The molecule has 4 aromatic rings. The second-order valence-corrected chi connectivity index (χ2v) is 8.05. The average molecular weight is 452 g/mol. The molecule has 0 saturated heterocycles. The molecule has 0 aliphatic rings. The van der Waals surface area contributed by atoms with Crippen LogP contribution in [0.3, 0.4) is 0 Å². The van der Waals surface area contributed by atoms with Crippen molar-refractivity contribution in [3.63, 3.8) is 0 Å². The number of amides is 2. The van der Waals surface area contributed by atoms with Crippen LogP contribution in [0.4, 0.5) is 5.13 Å². The first kappa shape index (κ1) is 21.4. The summed E-state index contributed by atoms with van der Waals surface area (Å²) in [6, 6.07) is 7.69. The van der Waals surface area contributed by atoms with Crippen LogP contribution in [0.1, 0.15) is 18.9 Å². The first-order valence-electron chi connectivity index (χ1n) is 9.87. The monoisotopic (exact) mass is 451 g/mol. The minimum absolute atomic E-state index is 0.0762. The van der Waals surface area contributed by atoms with E-state index in [-0.39, 0.29) is 30.3 Å². The number of carbonyl (C=O) groups excluding carboxylic acids is 2. The van der Waals surface area contributed by atoms with Crippen molar-refractivity contribution < 1.29 is 9.59 Å². The molecule has 0 fully saturated rings. The first-order valence-corrected chi connectivity index (χ1v) is 10.7. The molecule has 0 unspecified atom stereocenters. The van der Waals surface area contributed by atoms with E-state index in [0.717, 1.165) is 16.8 Å². The third-order valence-electron chi connectivity index (χ3n) is 4.84. The maximum Gasteiger partial charge on any atom is 0.264 e. The van der Waals surface area contributed by atoms with Gasteiger partial charge in [0, 0.05) is 44.4 Å². The summed E-state index contributed by atoms with van der Waals surface area (Å²) >= 11 is 1.33. The molecule has 0 radical (unpaired) electrons. The molecular weight excluding hydrogens is 430 g/mol. The molecule has 0 aliphatic heterocycles. The molecule has 3 heterocycles. The number of hydrogen-bond donors (Lipinski definition) is 2. The molecule has 10 nitrogen and oxygen atoms in total. The standard InChI is InChI=1S/C21H21N7O3S/c1-13(29)22-9-14-3-5-15(6-4-14)17-11-32-21(25-17)26-18(30)7-8-28-12-23-19-16(20(28)31)10-24-27(19)2/h3-6,10-12H,7-9H2,1-2H3,(H,22,29)(H,25,26,30). The smallest absolute Gasteiger partial charge is 0.264 e. The van der Waals surface area contributed by atoms with Gasteiger partial charge in [0.2, 0.25) is 11.8 Å². The quantitative estimate of drug-likeness (QED) is 0.442. The van der Waals surface area contributed by atoms with Crippen molar-refractivity contribution in [2.24, 2.45) is 7.05 Å². The van der Waals surface area contributed by atoms with Gasteiger partial charge in [0.05, 0.1) is 18.2 Å². The normalized spacial score (nSPS) is 10.9. The molecular formula is C21H21N7O3S. The zero-order valence-electron chi connectivity index (χ0n) is 17.5. The van der Waals surface area contributed by atoms with Gasteiger partial charge in [-0.05, 0) is 5.56 Å². The predicted molar refractivity (Wildman–Crippen MR) is 121 cm³/mol. The Morgan fingerprint density at radius 1 is 1.19 bits per heavy atom. The number of fused-ring (bicyclic) bond motifs is 1. The Morgan fingerprint density at radius 2 is 1.97 bits per heavy atom. The highest BCUT2D eigenvalue weighted by Gasteiger charge is 2.11. The Balaban J connectivity index is 1.35. The molecule has 11 heteroatoms. The summed E-state index contributed by atoms with van der Waals surface area (Å²) in [5.74, 6) is -0.317. The SMILES string of the molecule is CC(=O)NCc1ccc(-c2csc(NC(=O)CCn3cnc4c(cnn4C)c3=O)n2)cc1. The van der Waals surface area contributed by atoms with E-state index in [1.807, 2.05) is 29.6 Å². The summed E-state index contributed by atoms with van der Waals surface area (Å²) < 4.78 is 2.93. The van der Waals surface area contributed by atoms with E-state index in [2.05, 4.69) is 25.7 Å². The van der Waals surface area contributed by atoms with Crippen molar-refractivity contribution in [2.75, 3.05) is 5.32 Å². The molecule has 0 spiro atoms. The number of aryl methyl sites for hydroxylation is 2. The molecule has 0 bridgehead atoms. The molecule has 1 aromatic carbocycles. The van der Waals surface area contributed by atoms with Crippen LogP contribution >= 0.6 is 11.3 Å². The van der Waals surface area contributed by atoms with Crippen LogP contribution in [0.25, 0.3) is 22.3 Å². The Hall–Kier alpha value is -3.86. The van der Waals surface area contributed by atoms with Crippen LogP contribution in [0, 0.1) is 0 Å². The van der Waals surface area contributed by atoms with Crippen molar-refractivity contribution in [1.82, 2.24) is 29.6 Å². The lowest BCUT2D eigenvalue weighted by molar-refractivity contribution is -0.119. The van der Waals surface area contributed by atoms with E-state index < -0.39 is 0 Å². The molecule has 4 rings (SSSR count). The highest BCUT2D eigenvalue weighted by Crippen LogP contribution is 2.25. The highest BCUT2D eigenvalue weighted by molar-refractivity contribution is 7.14. The fourth-order valence-electron chi connectivity index (χ4n) is 3.11. The minimum Gasteiger partial charge on any atom is -0.352 e. The summed E-state index contributed by atoms with van der Waals surface area (Å²) in [6.45, 7) is 2.16. The molecule has 3 aromatic heterocycles. The number of nitrogens with one attached hydrogen (secondary N) is 2. The predicted octanol–water partition coefficient (Wildman–Crippen LogP) is 1.92. The number of thiazole rings is 1. The summed E-state index contributed by atoms with van der Waals surface area (Å²) in [7, 11) is 1.72. The van der Waals surface area contributed by atoms with Crippen molar-refractivity contribution in [3.8, 4) is 11.3 Å². The second-order valence-electron chi connectivity index (χ2n) is 7.19. The Bertz CT molecular complexity index is 1340. The van der Waals surface area contributed by atoms with Crippen molar-refractivity contribution in [3.05, 3.63) is 58.1 Å².